The molecule has 3 rings (SSSR count). The maximum Gasteiger partial charge on any atom is 0.143 e. The minimum Gasteiger partial charge on any atom is -0.497 e. The van der Waals surface area contributed by atoms with Gasteiger partial charge in [-0.3, -0.25) is 4.79 Å². The highest BCUT2D eigenvalue weighted by Gasteiger charge is 2.48. The van der Waals surface area contributed by atoms with Crippen LogP contribution in [0.4, 0.5) is 0 Å². The van der Waals surface area contributed by atoms with E-state index in [0.29, 0.717) is 6.42 Å². The van der Waals surface area contributed by atoms with Crippen LogP contribution in [0.25, 0.3) is 5.57 Å². The third kappa shape index (κ3) is 2.59. The van der Waals surface area contributed by atoms with Crippen LogP contribution in [-0.2, 0) is 4.79 Å². The van der Waals surface area contributed by atoms with Crippen molar-refractivity contribution in [2.45, 2.75) is 25.7 Å². The van der Waals surface area contributed by atoms with E-state index < -0.39 is 5.41 Å². The van der Waals surface area contributed by atoms with E-state index in [1.165, 1.54) is 5.56 Å². The highest BCUT2D eigenvalue weighted by Crippen LogP contribution is 2.53. The first-order valence-corrected chi connectivity index (χ1v) is 7.99. The van der Waals surface area contributed by atoms with Crippen molar-refractivity contribution < 1.29 is 9.53 Å². The van der Waals surface area contributed by atoms with E-state index in [2.05, 4.69) is 18.7 Å². The molecule has 0 aromatic heterocycles. The fraction of sp³-hybridized carbons (Fsp3) is 0.286. The Balaban J connectivity index is 1.99. The number of carbonyl (C=O) groups is 1. The summed E-state index contributed by atoms with van der Waals surface area (Å²) in [5.74, 6) is 1.28. The summed E-state index contributed by atoms with van der Waals surface area (Å²) in [6.45, 7) is 6.35. The molecule has 118 valence electrons. The lowest BCUT2D eigenvalue weighted by atomic mass is 9.69. The number of Topliss-reactive ketones (excluding diaryl/α,β-unsaturated/α-hetero) is 1. The summed E-state index contributed by atoms with van der Waals surface area (Å²) in [4.78, 5) is 12.7. The molecule has 0 N–H and O–H groups in total. The van der Waals surface area contributed by atoms with Crippen molar-refractivity contribution in [3.05, 3.63) is 72.3 Å². The molecule has 0 unspecified atom stereocenters. The maximum atomic E-state index is 12.7. The zero-order valence-corrected chi connectivity index (χ0v) is 13.7. The summed E-state index contributed by atoms with van der Waals surface area (Å²) < 4.78 is 5.21. The molecule has 2 atom stereocenters. The van der Waals surface area contributed by atoms with Crippen molar-refractivity contribution in [2.75, 3.05) is 7.11 Å². The average molecular weight is 306 g/mol. The Bertz CT molecular complexity index is 715. The quantitative estimate of drug-likeness (QED) is 0.806. The van der Waals surface area contributed by atoms with E-state index in [-0.39, 0.29) is 11.7 Å². The fourth-order valence-corrected chi connectivity index (χ4v) is 3.67. The van der Waals surface area contributed by atoms with Gasteiger partial charge in [0.25, 0.3) is 0 Å². The molecule has 2 aromatic carbocycles. The van der Waals surface area contributed by atoms with Crippen LogP contribution in [0.1, 0.15) is 36.8 Å². The highest BCUT2D eigenvalue weighted by molar-refractivity contribution is 6.00. The minimum atomic E-state index is -0.546. The number of rotatable bonds is 4. The number of hydrogen-bond acceptors (Lipinski definition) is 2. The standard InChI is InChI=1S/C21H22O2/c1-15(16-9-11-18(23-3)12-10-16)21(2)19(13-14-20(21)22)17-7-5-4-6-8-17/h4-12,19H,1,13-14H2,2-3H3/t19-,21+/m1/s1. The zero-order chi connectivity index (χ0) is 16.4. The molecule has 0 saturated heterocycles. The summed E-state index contributed by atoms with van der Waals surface area (Å²) >= 11 is 0. The lowest BCUT2D eigenvalue weighted by molar-refractivity contribution is -0.122. The van der Waals surface area contributed by atoms with Crippen LogP contribution >= 0.6 is 0 Å². The van der Waals surface area contributed by atoms with Gasteiger partial charge in [0.2, 0.25) is 0 Å². The van der Waals surface area contributed by atoms with Gasteiger partial charge >= 0.3 is 0 Å². The van der Waals surface area contributed by atoms with Gasteiger partial charge in [0, 0.05) is 12.3 Å². The van der Waals surface area contributed by atoms with Crippen molar-refractivity contribution in [1.82, 2.24) is 0 Å². The number of methoxy groups -OCH3 is 1. The van der Waals surface area contributed by atoms with Gasteiger partial charge < -0.3 is 4.74 Å². The molecule has 2 aromatic rings. The minimum absolute atomic E-state index is 0.186. The lowest BCUT2D eigenvalue weighted by Crippen LogP contribution is -2.29. The second-order valence-corrected chi connectivity index (χ2v) is 6.33. The van der Waals surface area contributed by atoms with Crippen molar-refractivity contribution in [3.8, 4) is 5.75 Å². The number of ketones is 1. The summed E-state index contributed by atoms with van der Waals surface area (Å²) in [7, 11) is 1.65. The van der Waals surface area contributed by atoms with Gasteiger partial charge in [-0.25, -0.2) is 0 Å². The Morgan fingerprint density at radius 3 is 2.39 bits per heavy atom. The molecular formula is C21H22O2. The zero-order valence-electron chi connectivity index (χ0n) is 13.7. The van der Waals surface area contributed by atoms with Crippen molar-refractivity contribution >= 4 is 11.4 Å². The van der Waals surface area contributed by atoms with E-state index in [0.717, 1.165) is 23.3 Å². The molecule has 0 amide bonds. The molecule has 1 saturated carbocycles. The van der Waals surface area contributed by atoms with E-state index in [9.17, 15) is 4.79 Å². The van der Waals surface area contributed by atoms with Crippen LogP contribution in [0.5, 0.6) is 5.75 Å². The average Bonchev–Trinajstić information content (AvgIpc) is 2.91. The molecule has 0 bridgehead atoms. The number of carbonyl (C=O) groups excluding carboxylic acids is 1. The predicted molar refractivity (Wildman–Crippen MR) is 93.6 cm³/mol. The summed E-state index contributed by atoms with van der Waals surface area (Å²) in [5, 5.41) is 0. The first kappa shape index (κ1) is 15.5. The lowest BCUT2D eigenvalue weighted by Gasteiger charge is -2.33. The van der Waals surface area contributed by atoms with Crippen LogP contribution < -0.4 is 4.74 Å². The molecule has 1 aliphatic rings. The third-order valence-electron chi connectivity index (χ3n) is 5.20. The first-order valence-electron chi connectivity index (χ1n) is 7.99. The van der Waals surface area contributed by atoms with E-state index in [1.54, 1.807) is 7.11 Å². The van der Waals surface area contributed by atoms with Gasteiger partial charge in [-0.05, 0) is 42.2 Å². The molecule has 0 spiro atoms. The largest absolute Gasteiger partial charge is 0.497 e. The number of ether oxygens (including phenoxy) is 1. The van der Waals surface area contributed by atoms with Gasteiger partial charge in [0.15, 0.2) is 0 Å². The van der Waals surface area contributed by atoms with Gasteiger partial charge in [-0.15, -0.1) is 0 Å². The number of hydrogen-bond donors (Lipinski definition) is 0. The first-order chi connectivity index (χ1) is 11.1. The Hall–Kier alpha value is -2.35. The monoisotopic (exact) mass is 306 g/mol. The molecule has 1 aliphatic carbocycles. The van der Waals surface area contributed by atoms with Gasteiger partial charge in [0.05, 0.1) is 12.5 Å². The van der Waals surface area contributed by atoms with Crippen LogP contribution in [0, 0.1) is 5.41 Å². The van der Waals surface area contributed by atoms with Gasteiger partial charge in [-0.1, -0.05) is 49.0 Å². The smallest absolute Gasteiger partial charge is 0.143 e. The third-order valence-corrected chi connectivity index (χ3v) is 5.20. The highest BCUT2D eigenvalue weighted by atomic mass is 16.5. The molecule has 0 radical (unpaired) electrons. The molecular weight excluding hydrogens is 284 g/mol. The van der Waals surface area contributed by atoms with E-state index >= 15 is 0 Å². The Morgan fingerprint density at radius 2 is 1.78 bits per heavy atom. The van der Waals surface area contributed by atoms with Gasteiger partial charge in [0.1, 0.15) is 11.5 Å². The summed E-state index contributed by atoms with van der Waals surface area (Å²) in [6.07, 6.45) is 1.50. The van der Waals surface area contributed by atoms with Crippen LogP contribution in [0.3, 0.4) is 0 Å². The molecule has 0 aliphatic heterocycles. The van der Waals surface area contributed by atoms with E-state index in [1.807, 2.05) is 49.4 Å². The van der Waals surface area contributed by atoms with Gasteiger partial charge in [-0.2, -0.15) is 0 Å². The van der Waals surface area contributed by atoms with E-state index in [4.69, 9.17) is 4.74 Å². The molecule has 2 nitrogen and oxygen atoms in total. The Morgan fingerprint density at radius 1 is 1.13 bits per heavy atom. The molecule has 0 heterocycles. The second kappa shape index (κ2) is 6.04. The van der Waals surface area contributed by atoms with Crippen LogP contribution in [-0.4, -0.2) is 12.9 Å². The summed E-state index contributed by atoms with van der Waals surface area (Å²) in [6, 6.07) is 18.1. The Labute approximate surface area is 137 Å². The SMILES string of the molecule is C=C(c1ccc(OC)cc1)[C@]1(C)C(=O)CC[C@@H]1c1ccccc1. The number of allylic oxidation sites excluding steroid dienone is 1. The normalized spacial score (nSPS) is 23.7. The topological polar surface area (TPSA) is 26.3 Å². The fourth-order valence-electron chi connectivity index (χ4n) is 3.67. The Kier molecular flexibility index (Phi) is 4.08. The summed E-state index contributed by atoms with van der Waals surface area (Å²) in [5.41, 5.74) is 2.58. The molecule has 2 heteroatoms. The predicted octanol–water partition coefficient (Wildman–Crippen LogP) is 4.86. The van der Waals surface area contributed by atoms with Crippen LogP contribution in [0.2, 0.25) is 0 Å². The van der Waals surface area contributed by atoms with Crippen molar-refractivity contribution in [2.24, 2.45) is 5.41 Å². The maximum absolute atomic E-state index is 12.7. The van der Waals surface area contributed by atoms with Crippen molar-refractivity contribution in [3.63, 3.8) is 0 Å². The molecule has 23 heavy (non-hydrogen) atoms. The molecule has 1 fully saturated rings. The number of benzene rings is 2. The second-order valence-electron chi connectivity index (χ2n) is 6.33. The van der Waals surface area contributed by atoms with Crippen LogP contribution in [0.15, 0.2) is 61.2 Å². The van der Waals surface area contributed by atoms with Crippen molar-refractivity contribution in [1.29, 1.82) is 0 Å².